The van der Waals surface area contributed by atoms with Gasteiger partial charge in [0.15, 0.2) is 5.78 Å². The zero-order valence-corrected chi connectivity index (χ0v) is 37.1. The van der Waals surface area contributed by atoms with Crippen LogP contribution in [0.3, 0.4) is 0 Å². The predicted molar refractivity (Wildman–Crippen MR) is 224 cm³/mol. The summed E-state index contributed by atoms with van der Waals surface area (Å²) in [6.07, 6.45) is 7.65. The van der Waals surface area contributed by atoms with Crippen molar-refractivity contribution >= 4 is 59.0 Å². The Hall–Kier alpha value is -3.31. The first kappa shape index (κ1) is 42.4. The van der Waals surface area contributed by atoms with Crippen molar-refractivity contribution in [2.45, 2.75) is 121 Å². The number of allylic oxidation sites excluding steroid dienone is 2. The molecule has 1 N–H and O–H groups in total. The van der Waals surface area contributed by atoms with E-state index in [1.165, 1.54) is 48.1 Å². The van der Waals surface area contributed by atoms with E-state index in [1.807, 2.05) is 59.1 Å². The molecule has 285 valence electrons. The number of carbonyl (C=O) groups is 1. The minimum Gasteiger partial charge on any atom is -0.512 e. The van der Waals surface area contributed by atoms with E-state index < -0.39 is 0 Å². The molecule has 4 nitrogen and oxygen atoms in total. The molecular formula is C47H58IrNO3S-. The number of aromatic nitrogens is 1. The van der Waals surface area contributed by atoms with Crippen molar-refractivity contribution in [3.8, 4) is 11.3 Å². The normalized spacial score (nSPS) is 12.8. The zero-order chi connectivity index (χ0) is 38.2. The smallest absolute Gasteiger partial charge is 0.164 e. The minimum atomic E-state index is -0.337. The van der Waals surface area contributed by atoms with Crippen molar-refractivity contribution in [1.29, 1.82) is 0 Å². The summed E-state index contributed by atoms with van der Waals surface area (Å²) in [5.74, 6) is 1.95. The van der Waals surface area contributed by atoms with E-state index in [0.29, 0.717) is 5.92 Å². The number of hydrogen-bond acceptors (Lipinski definition) is 5. The molecule has 0 aliphatic carbocycles. The van der Waals surface area contributed by atoms with Crippen LogP contribution in [0, 0.1) is 29.7 Å². The second-order valence-corrected chi connectivity index (χ2v) is 17.6. The maximum Gasteiger partial charge on any atom is 0.164 e. The zero-order valence-electron chi connectivity index (χ0n) is 33.8. The van der Waals surface area contributed by atoms with E-state index in [9.17, 15) is 9.90 Å². The number of hydrogen-bond donors (Lipinski definition) is 1. The van der Waals surface area contributed by atoms with Gasteiger partial charge in [-0.25, -0.2) is 0 Å². The third-order valence-corrected chi connectivity index (χ3v) is 12.8. The number of pyridine rings is 1. The van der Waals surface area contributed by atoms with Gasteiger partial charge < -0.3 is 9.52 Å². The summed E-state index contributed by atoms with van der Waals surface area (Å²) in [5, 5.41) is 16.3. The maximum absolute atomic E-state index is 12.2. The van der Waals surface area contributed by atoms with E-state index in [1.54, 1.807) is 0 Å². The molecule has 1 radical (unpaired) electrons. The Labute approximate surface area is 334 Å². The second kappa shape index (κ2) is 16.6. The summed E-state index contributed by atoms with van der Waals surface area (Å²) < 4.78 is 8.86. The molecule has 0 bridgehead atoms. The Morgan fingerprint density at radius 1 is 0.906 bits per heavy atom. The van der Waals surface area contributed by atoms with Crippen LogP contribution in [-0.4, -0.2) is 15.9 Å². The predicted octanol–water partition coefficient (Wildman–Crippen LogP) is 14.3. The standard InChI is InChI=1S/C32H30NOS.C15H28O2.Ir/c1-18(2)15-26-19(3)28-25(34-26)12-11-23-29-27(35-31(23)28)13-14-33-30(29)21-16-20-9-7-8-10-22(20)24(17-21)32(4,5)6;1-7-14(5,8-2)12(16)11-13(17)15(6,9-3)10-4;/h7-14,17-18H,15H2,1-6H3;11,16H,7-10H2,1-6H3;/q-1;;/b;12-11-;. The van der Waals surface area contributed by atoms with Crippen LogP contribution >= 0.6 is 11.3 Å². The van der Waals surface area contributed by atoms with Crippen LogP contribution in [0.15, 0.2) is 71.0 Å². The Balaban J connectivity index is 0.000000299. The van der Waals surface area contributed by atoms with Crippen LogP contribution in [0.1, 0.15) is 119 Å². The van der Waals surface area contributed by atoms with Gasteiger partial charge in [-0.1, -0.05) is 105 Å². The van der Waals surface area contributed by atoms with Gasteiger partial charge in [0.1, 0.15) is 17.1 Å². The molecule has 0 amide bonds. The van der Waals surface area contributed by atoms with Crippen LogP contribution in [0.25, 0.3) is 53.2 Å². The number of benzene rings is 3. The summed E-state index contributed by atoms with van der Waals surface area (Å²) in [5.41, 5.74) is 5.06. The van der Waals surface area contributed by atoms with E-state index in [-0.39, 0.29) is 47.9 Å². The van der Waals surface area contributed by atoms with Gasteiger partial charge in [-0.15, -0.1) is 40.5 Å². The van der Waals surface area contributed by atoms with Crippen molar-refractivity contribution in [2.24, 2.45) is 16.7 Å². The molecule has 6 aromatic rings. The van der Waals surface area contributed by atoms with Gasteiger partial charge >= 0.3 is 0 Å². The summed E-state index contributed by atoms with van der Waals surface area (Å²) in [7, 11) is 0. The first-order chi connectivity index (χ1) is 24.5. The van der Waals surface area contributed by atoms with Crippen LogP contribution in [0.2, 0.25) is 0 Å². The van der Waals surface area contributed by atoms with Crippen molar-refractivity contribution in [1.82, 2.24) is 4.98 Å². The molecule has 0 atom stereocenters. The minimum absolute atomic E-state index is 0. The fourth-order valence-electron chi connectivity index (χ4n) is 6.99. The molecule has 0 saturated carbocycles. The molecule has 3 aromatic heterocycles. The summed E-state index contributed by atoms with van der Waals surface area (Å²) in [6, 6.07) is 21.1. The Bertz CT molecular complexity index is 2260. The van der Waals surface area contributed by atoms with Gasteiger partial charge in [0.2, 0.25) is 0 Å². The van der Waals surface area contributed by atoms with Crippen molar-refractivity contribution in [2.75, 3.05) is 0 Å². The third-order valence-electron chi connectivity index (χ3n) is 11.6. The van der Waals surface area contributed by atoms with Crippen LogP contribution in [0.4, 0.5) is 0 Å². The topological polar surface area (TPSA) is 63.3 Å². The van der Waals surface area contributed by atoms with Gasteiger partial charge in [-0.05, 0) is 78.5 Å². The first-order valence-corrected chi connectivity index (χ1v) is 20.0. The van der Waals surface area contributed by atoms with Crippen molar-refractivity contribution < 1.29 is 34.4 Å². The number of furan rings is 1. The Morgan fingerprint density at radius 2 is 1.55 bits per heavy atom. The van der Waals surface area contributed by atoms with Gasteiger partial charge in [-0.2, -0.15) is 0 Å². The molecular weight excluding hydrogens is 851 g/mol. The fourth-order valence-corrected chi connectivity index (χ4v) is 8.28. The number of carbonyl (C=O) groups excluding carboxylic acids is 1. The average molecular weight is 909 g/mol. The number of aliphatic hydroxyl groups is 1. The Morgan fingerprint density at radius 3 is 2.15 bits per heavy atom. The number of thiophene rings is 1. The number of aryl methyl sites for hydroxylation is 1. The molecule has 6 heteroatoms. The fraction of sp³-hybridized carbons (Fsp3) is 0.447. The molecule has 0 saturated heterocycles. The summed E-state index contributed by atoms with van der Waals surface area (Å²) in [6.45, 7) is 25.6. The summed E-state index contributed by atoms with van der Waals surface area (Å²) in [4.78, 5) is 17.1. The van der Waals surface area contributed by atoms with Gasteiger partial charge in [0, 0.05) is 70.1 Å². The molecule has 3 aromatic carbocycles. The Kier molecular flexibility index (Phi) is 13.3. The quantitative estimate of drug-likeness (QED) is 0.0845. The number of aliphatic hydroxyl groups excluding tert-OH is 1. The van der Waals surface area contributed by atoms with E-state index >= 15 is 0 Å². The van der Waals surface area contributed by atoms with Gasteiger partial charge in [-0.3, -0.25) is 9.78 Å². The molecule has 0 unspecified atom stereocenters. The first-order valence-electron chi connectivity index (χ1n) is 19.1. The molecule has 0 aliphatic heterocycles. The molecule has 3 heterocycles. The van der Waals surface area contributed by atoms with Crippen LogP contribution in [-0.2, 0) is 36.7 Å². The molecule has 53 heavy (non-hydrogen) atoms. The van der Waals surface area contributed by atoms with E-state index in [0.717, 1.165) is 60.1 Å². The average Bonchev–Trinajstić information content (AvgIpc) is 3.66. The van der Waals surface area contributed by atoms with E-state index in [2.05, 4.69) is 96.1 Å². The monoisotopic (exact) mass is 909 g/mol. The SMILES string of the molecule is CCC(C)(CC)C(=O)/C=C(\O)C(C)(CC)CC.Cc1c(CC(C)C)oc2ccc3c(sc4ccnc(-c5[c-]c6ccccc6c(C(C)(C)C)c5)c43)c12.[Ir]. The van der Waals surface area contributed by atoms with E-state index in [4.69, 9.17) is 9.40 Å². The number of nitrogens with zero attached hydrogens (tertiary/aromatic N) is 1. The second-order valence-electron chi connectivity index (χ2n) is 16.5. The number of fused-ring (bicyclic) bond motifs is 6. The van der Waals surface area contributed by atoms with Crippen LogP contribution < -0.4 is 0 Å². The molecule has 0 aliphatic rings. The molecule has 0 fully saturated rings. The third kappa shape index (κ3) is 8.36. The maximum atomic E-state index is 12.2. The number of rotatable bonds is 10. The van der Waals surface area contributed by atoms with Crippen LogP contribution in [0.5, 0.6) is 0 Å². The molecule has 6 rings (SSSR count). The molecule has 0 spiro atoms. The van der Waals surface area contributed by atoms with Crippen molar-refractivity contribution in [3.63, 3.8) is 0 Å². The number of ketones is 1. The largest absolute Gasteiger partial charge is 0.512 e. The van der Waals surface area contributed by atoms with Crippen molar-refractivity contribution in [3.05, 3.63) is 89.5 Å². The summed E-state index contributed by atoms with van der Waals surface area (Å²) >= 11 is 1.85. The van der Waals surface area contributed by atoms with Gasteiger partial charge in [0.25, 0.3) is 0 Å². The van der Waals surface area contributed by atoms with Gasteiger partial charge in [0.05, 0.1) is 0 Å².